The maximum absolute atomic E-state index is 6.23. The molecule has 4 heteroatoms. The highest BCUT2D eigenvalue weighted by Gasteiger charge is 2.23. The van der Waals surface area contributed by atoms with E-state index >= 15 is 0 Å². The molecule has 0 fully saturated rings. The highest BCUT2D eigenvalue weighted by Crippen LogP contribution is 2.46. The van der Waals surface area contributed by atoms with Crippen molar-refractivity contribution in [2.24, 2.45) is 0 Å². The average Bonchev–Trinajstić information content (AvgIpc) is 2.68. The lowest BCUT2D eigenvalue weighted by atomic mass is 10.0. The molecule has 1 nitrogen and oxygen atoms in total. The van der Waals surface area contributed by atoms with Crippen molar-refractivity contribution < 1.29 is 4.90 Å². The first-order chi connectivity index (χ1) is 11.1. The van der Waals surface area contributed by atoms with Gasteiger partial charge in [0, 0.05) is 26.5 Å². The molecule has 1 aliphatic heterocycles. The molecule has 0 aliphatic carbocycles. The summed E-state index contributed by atoms with van der Waals surface area (Å²) in [6.45, 7) is 1.23. The summed E-state index contributed by atoms with van der Waals surface area (Å²) in [5.74, 6) is 1.21. The lowest BCUT2D eigenvalue weighted by molar-refractivity contribution is -0.858. The predicted molar refractivity (Wildman–Crippen MR) is 103 cm³/mol. The van der Waals surface area contributed by atoms with E-state index in [1.165, 1.54) is 44.5 Å². The van der Waals surface area contributed by atoms with Gasteiger partial charge in [-0.3, -0.25) is 0 Å². The van der Waals surface area contributed by atoms with Crippen LogP contribution in [0, 0.1) is 0 Å². The van der Waals surface area contributed by atoms with Gasteiger partial charge in [-0.15, -0.1) is 0 Å². The van der Waals surface area contributed by atoms with E-state index < -0.39 is 0 Å². The second-order valence-electron chi connectivity index (χ2n) is 6.27. The van der Waals surface area contributed by atoms with Gasteiger partial charge in [0.2, 0.25) is 0 Å². The third-order valence-corrected chi connectivity index (χ3v) is 6.85. The Balaban J connectivity index is 1.82. The fourth-order valence-corrected chi connectivity index (χ4v) is 5.54. The van der Waals surface area contributed by atoms with Crippen molar-refractivity contribution in [1.82, 2.24) is 0 Å². The molecule has 122 valence electrons. The minimum absolute atomic E-state index is 0.524. The average molecular weight is 365 g/mol. The molecule has 0 unspecified atom stereocenters. The summed E-state index contributed by atoms with van der Waals surface area (Å²) in [6, 6.07) is 15.2. The fourth-order valence-electron chi connectivity index (χ4n) is 2.87. The molecule has 1 heterocycles. The van der Waals surface area contributed by atoms with Crippen molar-refractivity contribution in [3.05, 3.63) is 58.6 Å². The molecule has 23 heavy (non-hydrogen) atoms. The Bertz CT molecular complexity index is 672. The van der Waals surface area contributed by atoms with E-state index in [1.807, 2.05) is 17.8 Å². The molecule has 0 saturated heterocycles. The summed E-state index contributed by atoms with van der Waals surface area (Å²) >= 11 is 10.2. The number of hydrogen-bond acceptors (Lipinski definition) is 2. The number of nitrogens with one attached hydrogen (secondary N) is 1. The topological polar surface area (TPSA) is 4.44 Å². The van der Waals surface area contributed by atoms with Gasteiger partial charge in [0.05, 0.1) is 20.6 Å². The van der Waals surface area contributed by atoms with Crippen LogP contribution >= 0.6 is 35.1 Å². The van der Waals surface area contributed by atoms with Crippen molar-refractivity contribution in [3.63, 3.8) is 0 Å². The molecule has 3 rings (SSSR count). The van der Waals surface area contributed by atoms with Gasteiger partial charge in [-0.25, -0.2) is 0 Å². The van der Waals surface area contributed by atoms with Crippen molar-refractivity contribution in [2.45, 2.75) is 27.9 Å². The van der Waals surface area contributed by atoms with Crippen molar-refractivity contribution >= 4 is 35.1 Å². The van der Waals surface area contributed by atoms with Gasteiger partial charge >= 0.3 is 0 Å². The molecular weight excluding hydrogens is 342 g/mol. The molecule has 0 spiro atoms. The Labute approximate surface area is 152 Å². The lowest BCUT2D eigenvalue weighted by Crippen LogP contribution is -3.05. The smallest absolute Gasteiger partial charge is 0.0774 e. The zero-order valence-corrected chi connectivity index (χ0v) is 16.0. The Morgan fingerprint density at radius 1 is 1.17 bits per heavy atom. The van der Waals surface area contributed by atoms with Crippen LogP contribution in [-0.4, -0.2) is 26.4 Å². The summed E-state index contributed by atoms with van der Waals surface area (Å²) in [6.07, 6.45) is 2.33. The zero-order valence-electron chi connectivity index (χ0n) is 13.6. The van der Waals surface area contributed by atoms with E-state index in [0.29, 0.717) is 5.25 Å². The predicted octanol–water partition coefficient (Wildman–Crippen LogP) is 4.36. The first-order valence-corrected chi connectivity index (χ1v) is 10.3. The molecule has 0 radical (unpaired) electrons. The van der Waals surface area contributed by atoms with Gasteiger partial charge in [-0.1, -0.05) is 41.6 Å². The van der Waals surface area contributed by atoms with Crippen molar-refractivity contribution in [1.29, 1.82) is 0 Å². The fraction of sp³-hybridized carbons (Fsp3) is 0.368. The number of halogens is 1. The number of fused-ring (bicyclic) bond motifs is 2. The van der Waals surface area contributed by atoms with E-state index in [-0.39, 0.29) is 0 Å². The van der Waals surface area contributed by atoms with Crippen LogP contribution in [0.15, 0.2) is 52.3 Å². The number of rotatable bonds is 5. The molecular formula is C19H23ClNS2+. The number of thioether (sulfide) groups is 1. The number of hydrogen-bond donors (Lipinski definition) is 1. The summed E-state index contributed by atoms with van der Waals surface area (Å²) in [5, 5.41) is 1.37. The second-order valence-corrected chi connectivity index (χ2v) is 9.10. The van der Waals surface area contributed by atoms with Crippen LogP contribution in [0.2, 0.25) is 5.02 Å². The van der Waals surface area contributed by atoms with E-state index in [9.17, 15) is 0 Å². The maximum atomic E-state index is 6.23. The lowest BCUT2D eigenvalue weighted by Gasteiger charge is -2.17. The monoisotopic (exact) mass is 364 g/mol. The third kappa shape index (κ3) is 4.48. The van der Waals surface area contributed by atoms with Crippen LogP contribution in [-0.2, 0) is 6.42 Å². The molecule has 2 aromatic carbocycles. The zero-order chi connectivity index (χ0) is 16.2. The molecule has 0 amide bonds. The summed E-state index contributed by atoms with van der Waals surface area (Å²) < 4.78 is 0. The SMILES string of the molecule is C[NH+](C)CCCS[C@H]1Cc2cc(Cl)ccc2Sc2ccccc21. The largest absolute Gasteiger partial charge is 0.340 e. The van der Waals surface area contributed by atoms with Crippen LogP contribution in [0.3, 0.4) is 0 Å². The minimum Gasteiger partial charge on any atom is -0.340 e. The molecule has 0 saturated carbocycles. The van der Waals surface area contributed by atoms with Crippen molar-refractivity contribution in [3.8, 4) is 0 Å². The van der Waals surface area contributed by atoms with E-state index in [4.69, 9.17) is 11.6 Å². The van der Waals surface area contributed by atoms with Crippen LogP contribution in [0.5, 0.6) is 0 Å². The second kappa shape index (κ2) is 7.98. The highest BCUT2D eigenvalue weighted by atomic mass is 35.5. The van der Waals surface area contributed by atoms with E-state index in [0.717, 1.165) is 11.4 Å². The Morgan fingerprint density at radius 3 is 2.83 bits per heavy atom. The minimum atomic E-state index is 0.524. The summed E-state index contributed by atoms with van der Waals surface area (Å²) in [5.41, 5.74) is 2.86. The summed E-state index contributed by atoms with van der Waals surface area (Å²) in [7, 11) is 4.45. The van der Waals surface area contributed by atoms with Gasteiger partial charge in [0.15, 0.2) is 0 Å². The van der Waals surface area contributed by atoms with E-state index in [2.05, 4.69) is 62.3 Å². The molecule has 2 aromatic rings. The highest BCUT2D eigenvalue weighted by molar-refractivity contribution is 8.00. The molecule has 0 bridgehead atoms. The van der Waals surface area contributed by atoms with Gasteiger partial charge in [-0.2, -0.15) is 11.8 Å². The third-order valence-electron chi connectivity index (χ3n) is 4.05. The first kappa shape index (κ1) is 17.2. The van der Waals surface area contributed by atoms with Gasteiger partial charge in [0.25, 0.3) is 0 Å². The Morgan fingerprint density at radius 2 is 2.00 bits per heavy atom. The van der Waals surface area contributed by atoms with Crippen LogP contribution in [0.4, 0.5) is 0 Å². The number of benzene rings is 2. The molecule has 0 aromatic heterocycles. The quantitative estimate of drug-likeness (QED) is 0.786. The van der Waals surface area contributed by atoms with Crippen LogP contribution < -0.4 is 4.90 Å². The molecule has 1 atom stereocenters. The molecule has 1 N–H and O–H groups in total. The first-order valence-electron chi connectivity index (χ1n) is 8.09. The van der Waals surface area contributed by atoms with Gasteiger partial charge in [-0.05, 0) is 47.6 Å². The normalized spacial score (nSPS) is 16.8. The standard InChI is InChI=1S/C19H22ClNS2/c1-21(2)10-5-11-22-19-13-14-12-15(20)8-9-17(14)23-18-7-4-3-6-16(18)19/h3-4,6-9,12,19H,5,10-11,13H2,1-2H3/p+1/t19-/m0/s1. The Hall–Kier alpha value is -0.610. The maximum Gasteiger partial charge on any atom is 0.0774 e. The van der Waals surface area contributed by atoms with E-state index in [1.54, 1.807) is 0 Å². The van der Waals surface area contributed by atoms with Crippen LogP contribution in [0.1, 0.15) is 22.8 Å². The van der Waals surface area contributed by atoms with Gasteiger partial charge in [0.1, 0.15) is 0 Å². The molecule has 1 aliphatic rings. The van der Waals surface area contributed by atoms with Gasteiger partial charge < -0.3 is 4.90 Å². The number of quaternary nitrogens is 1. The van der Waals surface area contributed by atoms with Crippen molar-refractivity contribution in [2.75, 3.05) is 26.4 Å². The van der Waals surface area contributed by atoms with Crippen LogP contribution in [0.25, 0.3) is 0 Å². The summed E-state index contributed by atoms with van der Waals surface area (Å²) in [4.78, 5) is 4.27. The Kier molecular flexibility index (Phi) is 5.97.